The van der Waals surface area contributed by atoms with E-state index in [1.165, 1.54) is 0 Å². The van der Waals surface area contributed by atoms with Gasteiger partial charge < -0.3 is 5.73 Å². The zero-order chi connectivity index (χ0) is 13.9. The fourth-order valence-electron chi connectivity index (χ4n) is 2.32. The molecule has 0 aliphatic heterocycles. The zero-order valence-corrected chi connectivity index (χ0v) is 12.1. The van der Waals surface area contributed by atoms with Crippen molar-refractivity contribution in [3.63, 3.8) is 0 Å². The Hall–Kier alpha value is -1.07. The Morgan fingerprint density at radius 2 is 2.05 bits per heavy atom. The smallest absolute Gasteiger partial charge is 0.181 e. The molecule has 2 N–H and O–H groups in total. The van der Waals surface area contributed by atoms with Gasteiger partial charge >= 0.3 is 0 Å². The highest BCUT2D eigenvalue weighted by molar-refractivity contribution is 7.92. The van der Waals surface area contributed by atoms with Crippen molar-refractivity contribution in [3.8, 4) is 0 Å². The Morgan fingerprint density at radius 3 is 2.68 bits per heavy atom. The van der Waals surface area contributed by atoms with Gasteiger partial charge in [-0.05, 0) is 31.0 Å². The van der Waals surface area contributed by atoms with E-state index in [2.05, 4.69) is 4.99 Å². The lowest BCUT2D eigenvalue weighted by Crippen LogP contribution is -2.17. The van der Waals surface area contributed by atoms with Crippen LogP contribution in [0.3, 0.4) is 0 Å². The Balaban J connectivity index is 2.33. The van der Waals surface area contributed by atoms with Crippen LogP contribution in [0.4, 0.5) is 5.69 Å². The molecule has 0 amide bonds. The Labute approximate surface area is 118 Å². The molecule has 1 saturated carbocycles. The van der Waals surface area contributed by atoms with Crippen molar-refractivity contribution in [2.75, 3.05) is 5.88 Å². The number of nitrogens with zero attached hydrogens (tertiary/aromatic N) is 1. The summed E-state index contributed by atoms with van der Waals surface area (Å²) in [5.74, 6) is 0.400. The van der Waals surface area contributed by atoms with Gasteiger partial charge in [0.05, 0.1) is 21.7 Å². The van der Waals surface area contributed by atoms with Crippen molar-refractivity contribution in [3.05, 3.63) is 24.3 Å². The number of rotatable bonds is 4. The average molecular weight is 301 g/mol. The molecule has 104 valence electrons. The summed E-state index contributed by atoms with van der Waals surface area (Å²) < 4.78 is 24.9. The standard InChI is InChI=1S/C13H17ClN2O2S/c14-9-13(15)16-10-4-3-7-12(8-10)19(17,18)11-5-1-2-6-11/h3-4,7-8,11H,1-2,5-6,9H2,(H2,15,16). The van der Waals surface area contributed by atoms with Crippen molar-refractivity contribution >= 4 is 33.0 Å². The Kier molecular flexibility index (Phi) is 4.47. The number of halogens is 1. The maximum atomic E-state index is 12.4. The second-order valence-electron chi connectivity index (χ2n) is 4.69. The summed E-state index contributed by atoms with van der Waals surface area (Å²) in [7, 11) is -3.25. The highest BCUT2D eigenvalue weighted by Crippen LogP contribution is 2.30. The van der Waals surface area contributed by atoms with Gasteiger partial charge in [-0.3, -0.25) is 0 Å². The van der Waals surface area contributed by atoms with E-state index < -0.39 is 9.84 Å². The minimum Gasteiger partial charge on any atom is -0.386 e. The Bertz CT molecular complexity index is 578. The van der Waals surface area contributed by atoms with Crippen LogP contribution in [0.15, 0.2) is 34.2 Å². The second kappa shape index (κ2) is 5.92. The largest absolute Gasteiger partial charge is 0.386 e. The van der Waals surface area contributed by atoms with Crippen LogP contribution in [0.1, 0.15) is 25.7 Å². The summed E-state index contributed by atoms with van der Waals surface area (Å²) in [5.41, 5.74) is 6.08. The van der Waals surface area contributed by atoms with Crippen LogP contribution in [-0.2, 0) is 9.84 Å². The number of nitrogens with two attached hydrogens (primary N) is 1. The van der Waals surface area contributed by atoms with E-state index in [-0.39, 0.29) is 17.0 Å². The minimum atomic E-state index is -3.25. The lowest BCUT2D eigenvalue weighted by molar-refractivity contribution is 0.579. The fraction of sp³-hybridized carbons (Fsp3) is 0.462. The van der Waals surface area contributed by atoms with Crippen molar-refractivity contribution in [1.29, 1.82) is 0 Å². The normalized spacial score (nSPS) is 17.8. The first-order valence-corrected chi connectivity index (χ1v) is 8.35. The molecule has 1 aliphatic rings. The molecule has 1 aliphatic carbocycles. The maximum absolute atomic E-state index is 12.4. The van der Waals surface area contributed by atoms with Gasteiger partial charge in [0, 0.05) is 0 Å². The van der Waals surface area contributed by atoms with E-state index in [0.717, 1.165) is 25.7 Å². The van der Waals surface area contributed by atoms with E-state index in [9.17, 15) is 8.42 Å². The number of hydrogen-bond acceptors (Lipinski definition) is 3. The van der Waals surface area contributed by atoms with Crippen LogP contribution >= 0.6 is 11.6 Å². The van der Waals surface area contributed by atoms with E-state index >= 15 is 0 Å². The van der Waals surface area contributed by atoms with Crippen molar-refractivity contribution in [2.45, 2.75) is 35.8 Å². The number of benzene rings is 1. The highest BCUT2D eigenvalue weighted by atomic mass is 35.5. The molecule has 0 bridgehead atoms. The SMILES string of the molecule is NC(CCl)=Nc1cccc(S(=O)(=O)C2CCCC2)c1. The molecule has 0 unspecified atom stereocenters. The number of aliphatic imine (C=N–C) groups is 1. The molecule has 2 rings (SSSR count). The average Bonchev–Trinajstić information content (AvgIpc) is 2.93. The minimum absolute atomic E-state index is 0.125. The monoisotopic (exact) mass is 300 g/mol. The molecular formula is C13H17ClN2O2S. The lowest BCUT2D eigenvalue weighted by Gasteiger charge is -2.11. The molecule has 6 heteroatoms. The van der Waals surface area contributed by atoms with Crippen molar-refractivity contribution in [1.82, 2.24) is 0 Å². The molecule has 1 aromatic carbocycles. The van der Waals surface area contributed by atoms with Gasteiger partial charge in [0.15, 0.2) is 9.84 Å². The molecule has 1 fully saturated rings. The van der Waals surface area contributed by atoms with E-state index in [4.69, 9.17) is 17.3 Å². The van der Waals surface area contributed by atoms with Gasteiger partial charge in [-0.15, -0.1) is 11.6 Å². The molecule has 0 atom stereocenters. The summed E-state index contributed by atoms with van der Waals surface area (Å²) in [6, 6.07) is 6.58. The van der Waals surface area contributed by atoms with E-state index in [0.29, 0.717) is 10.6 Å². The number of alkyl halides is 1. The molecule has 0 radical (unpaired) electrons. The molecule has 1 aromatic rings. The molecular weight excluding hydrogens is 284 g/mol. The molecule has 19 heavy (non-hydrogen) atoms. The third-order valence-electron chi connectivity index (χ3n) is 3.30. The third-order valence-corrected chi connectivity index (χ3v) is 5.83. The Morgan fingerprint density at radius 1 is 1.37 bits per heavy atom. The molecule has 4 nitrogen and oxygen atoms in total. The molecule has 0 spiro atoms. The molecule has 0 saturated heterocycles. The topological polar surface area (TPSA) is 72.5 Å². The number of amidine groups is 1. The van der Waals surface area contributed by atoms with Gasteiger partial charge in [0.2, 0.25) is 0 Å². The summed E-state index contributed by atoms with van der Waals surface area (Å²) in [5, 5.41) is -0.253. The van der Waals surface area contributed by atoms with Crippen LogP contribution in [0, 0.1) is 0 Å². The van der Waals surface area contributed by atoms with Crippen LogP contribution in [-0.4, -0.2) is 25.4 Å². The predicted molar refractivity (Wildman–Crippen MR) is 77.9 cm³/mol. The summed E-state index contributed by atoms with van der Waals surface area (Å²) in [6.45, 7) is 0. The predicted octanol–water partition coefficient (Wildman–Crippen LogP) is 2.63. The second-order valence-corrected chi connectivity index (χ2v) is 7.18. The van der Waals surface area contributed by atoms with Gasteiger partial charge in [-0.1, -0.05) is 18.9 Å². The van der Waals surface area contributed by atoms with Crippen molar-refractivity contribution < 1.29 is 8.42 Å². The number of hydrogen-bond donors (Lipinski definition) is 1. The van der Waals surface area contributed by atoms with Gasteiger partial charge in [0.1, 0.15) is 5.84 Å². The van der Waals surface area contributed by atoms with Gasteiger partial charge in [-0.2, -0.15) is 0 Å². The quantitative estimate of drug-likeness (QED) is 0.528. The van der Waals surface area contributed by atoms with Crippen LogP contribution < -0.4 is 5.73 Å². The fourth-order valence-corrected chi connectivity index (χ4v) is 4.27. The summed E-state index contributed by atoms with van der Waals surface area (Å²) in [4.78, 5) is 4.40. The zero-order valence-electron chi connectivity index (χ0n) is 10.5. The first kappa shape index (κ1) is 14.3. The summed E-state index contributed by atoms with van der Waals surface area (Å²) >= 11 is 5.56. The van der Waals surface area contributed by atoms with Crippen LogP contribution in [0.2, 0.25) is 0 Å². The lowest BCUT2D eigenvalue weighted by atomic mass is 10.3. The first-order valence-electron chi connectivity index (χ1n) is 6.27. The van der Waals surface area contributed by atoms with Gasteiger partial charge in [0.25, 0.3) is 0 Å². The van der Waals surface area contributed by atoms with Crippen LogP contribution in [0.25, 0.3) is 0 Å². The number of sulfone groups is 1. The van der Waals surface area contributed by atoms with E-state index in [1.807, 2.05) is 0 Å². The van der Waals surface area contributed by atoms with Gasteiger partial charge in [-0.25, -0.2) is 13.4 Å². The molecule has 0 heterocycles. The maximum Gasteiger partial charge on any atom is 0.181 e. The van der Waals surface area contributed by atoms with Crippen molar-refractivity contribution in [2.24, 2.45) is 10.7 Å². The summed E-state index contributed by atoms with van der Waals surface area (Å²) in [6.07, 6.45) is 3.47. The van der Waals surface area contributed by atoms with Crippen LogP contribution in [0.5, 0.6) is 0 Å². The highest BCUT2D eigenvalue weighted by Gasteiger charge is 2.30. The van der Waals surface area contributed by atoms with E-state index in [1.54, 1.807) is 24.3 Å². The first-order chi connectivity index (χ1) is 9.04. The third kappa shape index (κ3) is 3.28. The molecule has 0 aromatic heterocycles.